The molecule has 3 N–H and O–H groups in total. The summed E-state index contributed by atoms with van der Waals surface area (Å²) in [5.41, 5.74) is 5.04. The van der Waals surface area contributed by atoms with Gasteiger partial charge in [0.1, 0.15) is 0 Å². The van der Waals surface area contributed by atoms with Crippen molar-refractivity contribution >= 4 is 18.3 Å². The van der Waals surface area contributed by atoms with Gasteiger partial charge in [0.25, 0.3) is 0 Å². The standard InChI is InChI=1S/C17H23F3N2O.ClH/c18-17(19,20)14-7-3-2-6-13(14)11-22-15(23)10-16(12-21)8-4-1-5-9-16;/h2-3,6-7H,1,4-5,8-12,21H2,(H,22,23);1H. The predicted molar refractivity (Wildman–Crippen MR) is 89.7 cm³/mol. The number of carbonyl (C=O) groups is 1. The number of nitrogens with one attached hydrogen (secondary N) is 1. The Balaban J connectivity index is 0.00000288. The van der Waals surface area contributed by atoms with E-state index < -0.39 is 11.7 Å². The Labute approximate surface area is 146 Å². The number of hydrogen-bond donors (Lipinski definition) is 2. The van der Waals surface area contributed by atoms with Gasteiger partial charge in [-0.3, -0.25) is 4.79 Å². The fourth-order valence-corrected chi connectivity index (χ4v) is 3.30. The van der Waals surface area contributed by atoms with Crippen LogP contribution >= 0.6 is 12.4 Å². The van der Waals surface area contributed by atoms with Crippen molar-refractivity contribution < 1.29 is 18.0 Å². The molecular weight excluding hydrogens is 341 g/mol. The van der Waals surface area contributed by atoms with E-state index in [2.05, 4.69) is 5.32 Å². The summed E-state index contributed by atoms with van der Waals surface area (Å²) in [4.78, 5) is 12.2. The highest BCUT2D eigenvalue weighted by Crippen LogP contribution is 2.38. The monoisotopic (exact) mass is 364 g/mol. The van der Waals surface area contributed by atoms with Gasteiger partial charge in [-0.25, -0.2) is 0 Å². The maximum Gasteiger partial charge on any atom is 0.416 e. The maximum absolute atomic E-state index is 12.9. The molecular formula is C17H24ClF3N2O. The molecule has 136 valence electrons. The smallest absolute Gasteiger partial charge is 0.352 e. The molecule has 24 heavy (non-hydrogen) atoms. The topological polar surface area (TPSA) is 55.1 Å². The first-order valence-corrected chi connectivity index (χ1v) is 7.98. The van der Waals surface area contributed by atoms with Gasteiger partial charge in [0.05, 0.1) is 5.56 Å². The Bertz CT molecular complexity index is 543. The lowest BCUT2D eigenvalue weighted by atomic mass is 9.71. The van der Waals surface area contributed by atoms with Crippen LogP contribution in [0, 0.1) is 5.41 Å². The Morgan fingerprint density at radius 1 is 1.17 bits per heavy atom. The Morgan fingerprint density at radius 2 is 1.79 bits per heavy atom. The molecule has 0 aromatic heterocycles. The fraction of sp³-hybridized carbons (Fsp3) is 0.588. The van der Waals surface area contributed by atoms with E-state index >= 15 is 0 Å². The highest BCUT2D eigenvalue weighted by atomic mass is 35.5. The molecule has 0 heterocycles. The van der Waals surface area contributed by atoms with Crippen LogP contribution in [0.2, 0.25) is 0 Å². The SMILES string of the molecule is Cl.NCC1(CC(=O)NCc2ccccc2C(F)(F)F)CCCCC1. The summed E-state index contributed by atoms with van der Waals surface area (Å²) in [6.07, 6.45) is 0.970. The summed E-state index contributed by atoms with van der Waals surface area (Å²) in [7, 11) is 0. The lowest BCUT2D eigenvalue weighted by molar-refractivity contribution is -0.138. The highest BCUT2D eigenvalue weighted by molar-refractivity contribution is 5.85. The molecule has 1 aliphatic rings. The van der Waals surface area contributed by atoms with Crippen molar-refractivity contribution in [3.63, 3.8) is 0 Å². The third-order valence-electron chi connectivity index (χ3n) is 4.68. The zero-order valence-electron chi connectivity index (χ0n) is 13.5. The Hall–Kier alpha value is -1.27. The van der Waals surface area contributed by atoms with Crippen molar-refractivity contribution in [2.45, 2.75) is 51.2 Å². The number of amides is 1. The number of benzene rings is 1. The largest absolute Gasteiger partial charge is 0.416 e. The molecule has 0 atom stereocenters. The molecule has 1 aliphatic carbocycles. The number of carbonyl (C=O) groups excluding carboxylic acids is 1. The second-order valence-corrected chi connectivity index (χ2v) is 6.37. The summed E-state index contributed by atoms with van der Waals surface area (Å²) in [6, 6.07) is 5.31. The van der Waals surface area contributed by atoms with Crippen LogP contribution in [-0.4, -0.2) is 12.5 Å². The lowest BCUT2D eigenvalue weighted by Gasteiger charge is -2.35. The summed E-state index contributed by atoms with van der Waals surface area (Å²) in [6.45, 7) is 0.328. The first kappa shape index (κ1) is 20.8. The van der Waals surface area contributed by atoms with Crippen molar-refractivity contribution in [2.24, 2.45) is 11.1 Å². The highest BCUT2D eigenvalue weighted by Gasteiger charge is 2.34. The molecule has 0 bridgehead atoms. The van der Waals surface area contributed by atoms with Crippen LogP contribution in [0.4, 0.5) is 13.2 Å². The van der Waals surface area contributed by atoms with Gasteiger partial charge in [0.15, 0.2) is 0 Å². The van der Waals surface area contributed by atoms with E-state index in [0.717, 1.165) is 38.2 Å². The third kappa shape index (κ3) is 5.38. The van der Waals surface area contributed by atoms with Gasteiger partial charge < -0.3 is 11.1 Å². The quantitative estimate of drug-likeness (QED) is 0.828. The molecule has 0 radical (unpaired) electrons. The molecule has 0 spiro atoms. The molecule has 1 fully saturated rings. The second kappa shape index (κ2) is 8.72. The van der Waals surface area contributed by atoms with Crippen LogP contribution in [0.25, 0.3) is 0 Å². The van der Waals surface area contributed by atoms with Gasteiger partial charge in [-0.15, -0.1) is 12.4 Å². The van der Waals surface area contributed by atoms with Gasteiger partial charge in [-0.1, -0.05) is 37.5 Å². The van der Waals surface area contributed by atoms with E-state index in [1.165, 1.54) is 12.1 Å². The third-order valence-corrected chi connectivity index (χ3v) is 4.68. The first-order valence-electron chi connectivity index (χ1n) is 7.98. The average molecular weight is 365 g/mol. The molecule has 3 nitrogen and oxygen atoms in total. The van der Waals surface area contributed by atoms with Crippen molar-refractivity contribution in [2.75, 3.05) is 6.54 Å². The van der Waals surface area contributed by atoms with E-state index in [1.807, 2.05) is 0 Å². The van der Waals surface area contributed by atoms with Crippen LogP contribution in [-0.2, 0) is 17.5 Å². The molecule has 1 saturated carbocycles. The van der Waals surface area contributed by atoms with Gasteiger partial charge >= 0.3 is 6.18 Å². The molecule has 1 amide bonds. The van der Waals surface area contributed by atoms with E-state index in [-0.39, 0.29) is 42.3 Å². The molecule has 0 aliphatic heterocycles. The van der Waals surface area contributed by atoms with Crippen LogP contribution in [0.3, 0.4) is 0 Å². The van der Waals surface area contributed by atoms with Gasteiger partial charge in [-0.2, -0.15) is 13.2 Å². The molecule has 1 aromatic rings. The van der Waals surface area contributed by atoms with Crippen LogP contribution < -0.4 is 11.1 Å². The minimum Gasteiger partial charge on any atom is -0.352 e. The zero-order valence-corrected chi connectivity index (χ0v) is 14.3. The predicted octanol–water partition coefficient (Wildman–Crippen LogP) is 4.04. The number of rotatable bonds is 5. The van der Waals surface area contributed by atoms with Crippen LogP contribution in [0.5, 0.6) is 0 Å². The Morgan fingerprint density at radius 3 is 2.38 bits per heavy atom. The Kier molecular flexibility index (Phi) is 7.55. The van der Waals surface area contributed by atoms with E-state index in [1.54, 1.807) is 6.07 Å². The number of nitrogens with two attached hydrogens (primary N) is 1. The molecule has 0 saturated heterocycles. The minimum atomic E-state index is -4.41. The van der Waals surface area contributed by atoms with Gasteiger partial charge in [0.2, 0.25) is 5.91 Å². The van der Waals surface area contributed by atoms with Crippen molar-refractivity contribution in [3.05, 3.63) is 35.4 Å². The average Bonchev–Trinajstić information content (AvgIpc) is 2.53. The van der Waals surface area contributed by atoms with Crippen molar-refractivity contribution in [1.82, 2.24) is 5.32 Å². The second-order valence-electron chi connectivity index (χ2n) is 6.37. The van der Waals surface area contributed by atoms with Gasteiger partial charge in [0, 0.05) is 13.0 Å². The summed E-state index contributed by atoms with van der Waals surface area (Å²) in [5, 5.41) is 2.62. The van der Waals surface area contributed by atoms with Crippen LogP contribution in [0.1, 0.15) is 49.7 Å². The molecule has 0 unspecified atom stereocenters. The molecule has 7 heteroatoms. The maximum atomic E-state index is 12.9. The zero-order chi connectivity index (χ0) is 16.9. The van der Waals surface area contributed by atoms with Crippen molar-refractivity contribution in [3.8, 4) is 0 Å². The number of hydrogen-bond acceptors (Lipinski definition) is 2. The van der Waals surface area contributed by atoms with E-state index in [0.29, 0.717) is 6.54 Å². The lowest BCUT2D eigenvalue weighted by Crippen LogP contribution is -2.38. The summed E-state index contributed by atoms with van der Waals surface area (Å²) < 4.78 is 38.8. The molecule has 2 rings (SSSR count). The minimum absolute atomic E-state index is 0. The normalized spacial score (nSPS) is 17.0. The van der Waals surface area contributed by atoms with Gasteiger partial charge in [-0.05, 0) is 36.4 Å². The summed E-state index contributed by atoms with van der Waals surface area (Å²) >= 11 is 0. The number of alkyl halides is 3. The summed E-state index contributed by atoms with van der Waals surface area (Å²) in [5.74, 6) is -0.227. The van der Waals surface area contributed by atoms with E-state index in [4.69, 9.17) is 5.73 Å². The first-order chi connectivity index (χ1) is 10.9. The molecule has 1 aromatic carbocycles. The van der Waals surface area contributed by atoms with Crippen LogP contribution in [0.15, 0.2) is 24.3 Å². The van der Waals surface area contributed by atoms with E-state index in [9.17, 15) is 18.0 Å². The number of halogens is 4. The van der Waals surface area contributed by atoms with Crippen molar-refractivity contribution in [1.29, 1.82) is 0 Å². The fourth-order valence-electron chi connectivity index (χ4n) is 3.30.